The van der Waals surface area contributed by atoms with Gasteiger partial charge in [-0.05, 0) is 12.3 Å². The molecule has 0 saturated heterocycles. The third kappa shape index (κ3) is 3.97. The van der Waals surface area contributed by atoms with Crippen LogP contribution in [0.15, 0.2) is 0 Å². The first kappa shape index (κ1) is 4.28. The van der Waals surface area contributed by atoms with E-state index in [1.165, 1.54) is 6.92 Å². The molecule has 3 N–H and O–H groups in total. The molecule has 0 aliphatic heterocycles. The highest BCUT2D eigenvalue weighted by Gasteiger charge is 2.11. The van der Waals surface area contributed by atoms with Crippen molar-refractivity contribution in [1.82, 2.24) is 0 Å². The molecule has 0 aromatic rings. The summed E-state index contributed by atoms with van der Waals surface area (Å²) in [4.78, 5) is 10.3. The molecule has 0 aromatic carbocycles. The van der Waals surface area contributed by atoms with Gasteiger partial charge in [0.25, 0.3) is 0 Å². The monoisotopic (exact) mass is 134 g/mol. The van der Waals surface area contributed by atoms with Crippen molar-refractivity contribution < 1.29 is 14.0 Å². The Morgan fingerprint density at radius 1 is 2.00 bits per heavy atom. The largest absolute Gasteiger partial charge is 0.480 e. The van der Waals surface area contributed by atoms with Crippen LogP contribution in [0.2, 0.25) is 0 Å². The van der Waals surface area contributed by atoms with E-state index in [4.69, 9.17) is 15.0 Å². The van der Waals surface area contributed by atoms with Gasteiger partial charge in [-0.2, -0.15) is 0 Å². The van der Waals surface area contributed by atoms with Crippen LogP contribution in [0.4, 0.5) is 0 Å². The van der Waals surface area contributed by atoms with Gasteiger partial charge in [-0.25, -0.2) is 0 Å². The average molecular weight is 134 g/mol. The van der Waals surface area contributed by atoms with E-state index >= 15 is 0 Å². The molecule has 54 valence electrons. The molecule has 0 heterocycles. The Hall–Kier alpha value is -0.570. The fourth-order valence-electron chi connectivity index (χ4n) is 0.482. The van der Waals surface area contributed by atoms with Gasteiger partial charge in [0.2, 0.25) is 0 Å². The van der Waals surface area contributed by atoms with Crippen LogP contribution in [-0.2, 0) is 4.79 Å². The molecule has 0 bridgehead atoms. The maximum absolute atomic E-state index is 10.3. The summed E-state index contributed by atoms with van der Waals surface area (Å²) >= 11 is 0. The number of aliphatic carboxylic acids is 1. The second kappa shape index (κ2) is 3.45. The van der Waals surface area contributed by atoms with Gasteiger partial charge in [-0.3, -0.25) is 4.79 Å². The summed E-state index contributed by atoms with van der Waals surface area (Å²) < 4.78 is 20.9. The van der Waals surface area contributed by atoms with Gasteiger partial charge >= 0.3 is 5.97 Å². The maximum Gasteiger partial charge on any atom is 0.320 e. The van der Waals surface area contributed by atoms with Crippen molar-refractivity contribution in [3.8, 4) is 0 Å². The molecule has 1 unspecified atom stereocenters. The first-order valence-electron chi connectivity index (χ1n) is 4.23. The van der Waals surface area contributed by atoms with Gasteiger partial charge in [0.15, 0.2) is 0 Å². The van der Waals surface area contributed by atoms with Crippen LogP contribution >= 0.6 is 0 Å². The molecule has 0 spiro atoms. The molecule has 9 heavy (non-hydrogen) atoms. The molecule has 0 aliphatic rings. The lowest BCUT2D eigenvalue weighted by molar-refractivity contribution is -0.138. The third-order valence-corrected chi connectivity index (χ3v) is 0.925. The Labute approximate surface area is 59.1 Å². The molecule has 2 atom stereocenters. The number of hydrogen-bond acceptors (Lipinski definition) is 2. The zero-order valence-electron chi connectivity index (χ0n) is 8.29. The van der Waals surface area contributed by atoms with E-state index in [0.29, 0.717) is 0 Å². The van der Waals surface area contributed by atoms with E-state index < -0.39 is 24.8 Å². The Kier molecular flexibility index (Phi) is 1.64. The molecule has 0 fully saturated rings. The van der Waals surface area contributed by atoms with Gasteiger partial charge in [-0.15, -0.1) is 0 Å². The summed E-state index contributed by atoms with van der Waals surface area (Å²) in [5.41, 5.74) is 5.16. The van der Waals surface area contributed by atoms with Crippen LogP contribution in [0.5, 0.6) is 0 Å². The van der Waals surface area contributed by atoms with Crippen molar-refractivity contribution in [3.05, 3.63) is 0 Å². The van der Waals surface area contributed by atoms with Crippen molar-refractivity contribution in [2.24, 2.45) is 11.7 Å². The van der Waals surface area contributed by atoms with Crippen molar-refractivity contribution in [1.29, 1.82) is 0 Å². The smallest absolute Gasteiger partial charge is 0.320 e. The fraction of sp³-hybridized carbons (Fsp3) is 0.833. The summed E-state index contributed by atoms with van der Waals surface area (Å²) in [6, 6.07) is -1.08. The van der Waals surface area contributed by atoms with E-state index in [1.54, 1.807) is 0 Å². The molecular weight excluding hydrogens is 118 g/mol. The van der Waals surface area contributed by atoms with Crippen molar-refractivity contribution in [3.63, 3.8) is 0 Å². The summed E-state index contributed by atoms with van der Waals surface area (Å²) in [5, 5.41) is 8.39. The van der Waals surface area contributed by atoms with E-state index in [-0.39, 0.29) is 6.42 Å². The predicted octanol–water partition coefficient (Wildman–Crippen LogP) is 0.444. The lowest BCUT2D eigenvalue weighted by Gasteiger charge is -2.07. The minimum Gasteiger partial charge on any atom is -0.480 e. The average Bonchev–Trinajstić information content (AvgIpc) is 1.85. The van der Waals surface area contributed by atoms with Gasteiger partial charge in [0, 0.05) is 4.11 Å². The Morgan fingerprint density at radius 3 is 2.89 bits per heavy atom. The van der Waals surface area contributed by atoms with Gasteiger partial charge < -0.3 is 10.8 Å². The fourth-order valence-corrected chi connectivity index (χ4v) is 0.482. The zero-order chi connectivity index (χ0) is 9.94. The minimum absolute atomic E-state index is 0.0220. The summed E-state index contributed by atoms with van der Waals surface area (Å²) in [7, 11) is 0. The summed E-state index contributed by atoms with van der Waals surface area (Å²) in [6.45, 7) is -0.650. The highest BCUT2D eigenvalue weighted by Crippen LogP contribution is 2.01. The van der Waals surface area contributed by atoms with Gasteiger partial charge in [0.1, 0.15) is 6.04 Å². The van der Waals surface area contributed by atoms with Gasteiger partial charge in [0.05, 0.1) is 0 Å². The summed E-state index contributed by atoms with van der Waals surface area (Å²) in [6.07, 6.45) is -0.0220. The molecular formula is C6H13NO2. The highest BCUT2D eigenvalue weighted by molar-refractivity contribution is 5.72. The maximum atomic E-state index is 10.3. The van der Waals surface area contributed by atoms with Crippen LogP contribution in [-0.4, -0.2) is 17.1 Å². The van der Waals surface area contributed by atoms with E-state index in [1.807, 2.05) is 0 Å². The second-order valence-corrected chi connectivity index (χ2v) is 2.08. The number of nitrogens with two attached hydrogens (primary N) is 1. The van der Waals surface area contributed by atoms with Gasteiger partial charge in [-0.1, -0.05) is 13.8 Å². The Bertz CT molecular complexity index is 169. The Balaban J connectivity index is 4.01. The predicted molar refractivity (Wildman–Crippen MR) is 35.1 cm³/mol. The lowest BCUT2D eigenvalue weighted by atomic mass is 10.1. The molecule has 3 nitrogen and oxygen atoms in total. The topological polar surface area (TPSA) is 63.3 Å². The van der Waals surface area contributed by atoms with Crippen LogP contribution in [0.3, 0.4) is 0 Å². The van der Waals surface area contributed by atoms with E-state index in [9.17, 15) is 4.79 Å². The molecule has 0 amide bonds. The van der Waals surface area contributed by atoms with E-state index in [0.717, 1.165) is 0 Å². The number of carbonyl (C=O) groups is 1. The minimum atomic E-state index is -2.12. The van der Waals surface area contributed by atoms with Crippen molar-refractivity contribution in [2.75, 3.05) is 0 Å². The molecule has 0 saturated carbocycles. The van der Waals surface area contributed by atoms with Crippen LogP contribution in [0.25, 0.3) is 0 Å². The van der Waals surface area contributed by atoms with Crippen LogP contribution < -0.4 is 5.73 Å². The molecule has 0 rings (SSSR count). The normalized spacial score (nSPS) is 23.1. The number of carboxylic acids is 1. The van der Waals surface area contributed by atoms with Crippen LogP contribution in [0, 0.1) is 5.92 Å². The summed E-state index contributed by atoms with van der Waals surface area (Å²) in [5.74, 6) is -1.84. The SMILES string of the molecule is [2H]C([2H])([2H])C(C)C[C@@H](N)C(=O)O. The first-order valence-corrected chi connectivity index (χ1v) is 2.73. The Morgan fingerprint density at radius 2 is 2.56 bits per heavy atom. The molecule has 0 aromatic heterocycles. The third-order valence-electron chi connectivity index (χ3n) is 0.925. The standard InChI is InChI=1S/C6H13NO2/c1-4(2)3-5(7)6(8)9/h4-5H,3,7H2,1-2H3,(H,8,9)/t5-/m1/s1/i1D3/t4?,5-. The number of carboxylic acid groups (broad SMARTS) is 1. The molecule has 0 radical (unpaired) electrons. The zero-order valence-corrected chi connectivity index (χ0v) is 5.29. The van der Waals surface area contributed by atoms with Crippen LogP contribution in [0.1, 0.15) is 24.3 Å². The molecule has 0 aliphatic carbocycles. The van der Waals surface area contributed by atoms with Crippen molar-refractivity contribution >= 4 is 5.97 Å². The number of rotatable bonds is 3. The lowest BCUT2D eigenvalue weighted by Crippen LogP contribution is -2.31. The quantitative estimate of drug-likeness (QED) is 0.588. The van der Waals surface area contributed by atoms with Crippen molar-refractivity contribution in [2.45, 2.75) is 26.2 Å². The molecule has 3 heteroatoms. The number of hydrogen-bond donors (Lipinski definition) is 2. The highest BCUT2D eigenvalue weighted by atomic mass is 16.4. The second-order valence-electron chi connectivity index (χ2n) is 2.08. The first-order chi connectivity index (χ1) is 5.25. The van der Waals surface area contributed by atoms with E-state index in [2.05, 4.69) is 0 Å².